The lowest BCUT2D eigenvalue weighted by molar-refractivity contribution is -0.117. The zero-order valence-electron chi connectivity index (χ0n) is 14.7. The molecule has 1 aliphatic carbocycles. The molecule has 1 aromatic heterocycles. The Hall–Kier alpha value is -3.15. The first-order chi connectivity index (χ1) is 12.5. The summed E-state index contributed by atoms with van der Waals surface area (Å²) in [4.78, 5) is 32.0. The van der Waals surface area contributed by atoms with Crippen LogP contribution in [-0.4, -0.2) is 21.8 Å². The Morgan fingerprint density at radius 3 is 2.65 bits per heavy atom. The van der Waals surface area contributed by atoms with Crippen LogP contribution in [-0.2, 0) is 4.79 Å². The van der Waals surface area contributed by atoms with E-state index < -0.39 is 0 Å². The van der Waals surface area contributed by atoms with Crippen molar-refractivity contribution < 1.29 is 9.59 Å². The average Bonchev–Trinajstić information content (AvgIpc) is 3.38. The number of rotatable bonds is 4. The largest absolute Gasteiger partial charge is 0.342 e. The number of amides is 2. The van der Waals surface area contributed by atoms with Gasteiger partial charge in [-0.1, -0.05) is 6.07 Å². The highest BCUT2D eigenvalue weighted by molar-refractivity contribution is 6.06. The van der Waals surface area contributed by atoms with Gasteiger partial charge in [0.2, 0.25) is 5.91 Å². The number of hydrogen-bond acceptors (Lipinski definition) is 3. The Morgan fingerprint density at radius 1 is 1.08 bits per heavy atom. The second-order valence-corrected chi connectivity index (χ2v) is 6.80. The Balaban J connectivity index is 1.54. The van der Waals surface area contributed by atoms with Gasteiger partial charge in [-0.25, -0.2) is 4.98 Å². The Kier molecular flexibility index (Phi) is 3.95. The van der Waals surface area contributed by atoms with E-state index >= 15 is 0 Å². The van der Waals surface area contributed by atoms with Gasteiger partial charge in [-0.05, 0) is 62.6 Å². The number of nitrogens with zero attached hydrogens (tertiary/aromatic N) is 1. The van der Waals surface area contributed by atoms with Gasteiger partial charge in [0, 0.05) is 22.9 Å². The first-order valence-electron chi connectivity index (χ1n) is 8.69. The molecule has 0 aliphatic heterocycles. The van der Waals surface area contributed by atoms with Crippen molar-refractivity contribution in [2.45, 2.75) is 26.7 Å². The van der Waals surface area contributed by atoms with Gasteiger partial charge in [-0.15, -0.1) is 0 Å². The van der Waals surface area contributed by atoms with E-state index in [1.54, 1.807) is 18.2 Å². The lowest BCUT2D eigenvalue weighted by Gasteiger charge is -2.11. The third-order valence-corrected chi connectivity index (χ3v) is 4.56. The van der Waals surface area contributed by atoms with Gasteiger partial charge in [-0.3, -0.25) is 9.59 Å². The number of nitrogens with one attached hydrogen (secondary N) is 3. The number of fused-ring (bicyclic) bond motifs is 1. The summed E-state index contributed by atoms with van der Waals surface area (Å²) in [5.41, 5.74) is 4.53. The summed E-state index contributed by atoms with van der Waals surface area (Å²) >= 11 is 0. The summed E-state index contributed by atoms with van der Waals surface area (Å²) in [7, 11) is 0. The number of hydrogen-bond donors (Lipinski definition) is 3. The minimum atomic E-state index is -0.201. The molecular formula is C20H20N4O2. The molecule has 6 heteroatoms. The molecule has 0 atom stereocenters. The van der Waals surface area contributed by atoms with E-state index in [0.717, 1.165) is 35.3 Å². The van der Waals surface area contributed by atoms with E-state index in [1.807, 2.05) is 32.0 Å². The third kappa shape index (κ3) is 3.31. The SMILES string of the molecule is Cc1nc2ccc(C(=O)Nc3cc(NC(=O)C4CC4)ccc3C)cc2[nH]1. The number of aryl methyl sites for hydroxylation is 2. The van der Waals surface area contributed by atoms with E-state index in [-0.39, 0.29) is 17.7 Å². The lowest BCUT2D eigenvalue weighted by Crippen LogP contribution is -2.15. The highest BCUT2D eigenvalue weighted by Crippen LogP contribution is 2.31. The molecule has 26 heavy (non-hydrogen) atoms. The smallest absolute Gasteiger partial charge is 0.255 e. The van der Waals surface area contributed by atoms with Crippen molar-refractivity contribution in [3.8, 4) is 0 Å². The fourth-order valence-electron chi connectivity index (χ4n) is 2.90. The number of anilines is 2. The minimum Gasteiger partial charge on any atom is -0.342 e. The second-order valence-electron chi connectivity index (χ2n) is 6.80. The van der Waals surface area contributed by atoms with Gasteiger partial charge in [0.25, 0.3) is 5.91 Å². The van der Waals surface area contributed by atoms with Crippen LogP contribution < -0.4 is 10.6 Å². The molecule has 0 saturated heterocycles. The van der Waals surface area contributed by atoms with Crippen LogP contribution in [0.4, 0.5) is 11.4 Å². The predicted octanol–water partition coefficient (Wildman–Crippen LogP) is 3.78. The van der Waals surface area contributed by atoms with E-state index in [1.165, 1.54) is 0 Å². The summed E-state index contributed by atoms with van der Waals surface area (Å²) in [6.07, 6.45) is 1.91. The van der Waals surface area contributed by atoms with Crippen molar-refractivity contribution >= 4 is 34.2 Å². The van der Waals surface area contributed by atoms with Crippen LogP contribution in [0.5, 0.6) is 0 Å². The Labute approximate surface area is 151 Å². The normalized spacial score (nSPS) is 13.6. The van der Waals surface area contributed by atoms with Crippen molar-refractivity contribution in [2.75, 3.05) is 10.6 Å². The van der Waals surface area contributed by atoms with Crippen molar-refractivity contribution in [1.29, 1.82) is 0 Å². The molecule has 0 radical (unpaired) electrons. The number of aromatic nitrogens is 2. The van der Waals surface area contributed by atoms with Crippen LogP contribution in [0.25, 0.3) is 11.0 Å². The van der Waals surface area contributed by atoms with Gasteiger partial charge >= 0.3 is 0 Å². The molecule has 2 amide bonds. The number of carbonyl (C=O) groups excluding carboxylic acids is 2. The first-order valence-corrected chi connectivity index (χ1v) is 8.69. The fraction of sp³-hybridized carbons (Fsp3) is 0.250. The first kappa shape index (κ1) is 16.3. The Morgan fingerprint density at radius 2 is 1.88 bits per heavy atom. The van der Waals surface area contributed by atoms with Gasteiger partial charge in [0.05, 0.1) is 11.0 Å². The van der Waals surface area contributed by atoms with Crippen LogP contribution in [0.1, 0.15) is 34.6 Å². The number of H-pyrrole nitrogens is 1. The van der Waals surface area contributed by atoms with Crippen molar-refractivity contribution in [2.24, 2.45) is 5.92 Å². The molecule has 1 saturated carbocycles. The molecule has 1 heterocycles. The van der Waals surface area contributed by atoms with E-state index in [4.69, 9.17) is 0 Å². The molecular weight excluding hydrogens is 328 g/mol. The molecule has 3 N–H and O–H groups in total. The number of benzene rings is 2. The topological polar surface area (TPSA) is 86.9 Å². The molecule has 2 aromatic carbocycles. The molecule has 4 rings (SSSR count). The maximum Gasteiger partial charge on any atom is 0.255 e. The van der Waals surface area contributed by atoms with Gasteiger partial charge in [0.1, 0.15) is 5.82 Å². The van der Waals surface area contributed by atoms with Crippen molar-refractivity contribution in [3.63, 3.8) is 0 Å². The Bertz CT molecular complexity index is 1020. The van der Waals surface area contributed by atoms with E-state index in [9.17, 15) is 9.59 Å². The summed E-state index contributed by atoms with van der Waals surface area (Å²) in [6.45, 7) is 3.80. The maximum absolute atomic E-state index is 12.6. The van der Waals surface area contributed by atoms with E-state index in [0.29, 0.717) is 16.9 Å². The standard InChI is InChI=1S/C20H20N4O2/c1-11-3-7-15(23-19(25)13-4-5-13)10-17(11)24-20(26)14-6-8-16-18(9-14)22-12(2)21-16/h3,6-10,13H,4-5H2,1-2H3,(H,21,22)(H,23,25)(H,24,26). The van der Waals surface area contributed by atoms with Crippen LogP contribution in [0.15, 0.2) is 36.4 Å². The molecule has 0 spiro atoms. The van der Waals surface area contributed by atoms with Crippen LogP contribution in [0.3, 0.4) is 0 Å². The maximum atomic E-state index is 12.6. The molecule has 3 aromatic rings. The molecule has 0 unspecified atom stereocenters. The number of imidazole rings is 1. The average molecular weight is 348 g/mol. The predicted molar refractivity (Wildman–Crippen MR) is 101 cm³/mol. The van der Waals surface area contributed by atoms with E-state index in [2.05, 4.69) is 20.6 Å². The lowest BCUT2D eigenvalue weighted by atomic mass is 10.1. The quantitative estimate of drug-likeness (QED) is 0.670. The summed E-state index contributed by atoms with van der Waals surface area (Å²) in [6, 6.07) is 10.9. The zero-order valence-corrected chi connectivity index (χ0v) is 14.7. The highest BCUT2D eigenvalue weighted by Gasteiger charge is 2.29. The number of aromatic amines is 1. The van der Waals surface area contributed by atoms with Crippen molar-refractivity contribution in [1.82, 2.24) is 9.97 Å². The second kappa shape index (κ2) is 6.29. The fourth-order valence-corrected chi connectivity index (χ4v) is 2.90. The highest BCUT2D eigenvalue weighted by atomic mass is 16.2. The summed E-state index contributed by atoms with van der Waals surface area (Å²) in [5.74, 6) is 0.797. The van der Waals surface area contributed by atoms with Gasteiger partial charge in [-0.2, -0.15) is 0 Å². The summed E-state index contributed by atoms with van der Waals surface area (Å²) < 4.78 is 0. The van der Waals surface area contributed by atoms with Crippen molar-refractivity contribution in [3.05, 3.63) is 53.3 Å². The van der Waals surface area contributed by atoms with Gasteiger partial charge < -0.3 is 15.6 Å². The summed E-state index contributed by atoms with van der Waals surface area (Å²) in [5, 5.41) is 5.84. The van der Waals surface area contributed by atoms with Crippen LogP contribution in [0, 0.1) is 19.8 Å². The third-order valence-electron chi connectivity index (χ3n) is 4.56. The molecule has 1 aliphatic rings. The van der Waals surface area contributed by atoms with Crippen LogP contribution in [0.2, 0.25) is 0 Å². The monoisotopic (exact) mass is 348 g/mol. The minimum absolute atomic E-state index is 0.0474. The molecule has 6 nitrogen and oxygen atoms in total. The van der Waals surface area contributed by atoms with Crippen LogP contribution >= 0.6 is 0 Å². The molecule has 0 bridgehead atoms. The molecule has 1 fully saturated rings. The number of carbonyl (C=O) groups is 2. The molecule has 132 valence electrons. The zero-order chi connectivity index (χ0) is 18.3. The van der Waals surface area contributed by atoms with Gasteiger partial charge in [0.15, 0.2) is 0 Å².